The van der Waals surface area contributed by atoms with Crippen LogP contribution in [0.25, 0.3) is 0 Å². The van der Waals surface area contributed by atoms with E-state index < -0.39 is 16.6 Å². The van der Waals surface area contributed by atoms with Crippen molar-refractivity contribution in [2.45, 2.75) is 94.1 Å². The van der Waals surface area contributed by atoms with Crippen molar-refractivity contribution in [1.29, 1.82) is 0 Å². The Kier molecular flexibility index (Phi) is 9.09. The van der Waals surface area contributed by atoms with Gasteiger partial charge < -0.3 is 10.0 Å². The highest BCUT2D eigenvalue weighted by Gasteiger charge is 2.35. The van der Waals surface area contributed by atoms with Gasteiger partial charge in [-0.15, -0.1) is 0 Å². The minimum Gasteiger partial charge on any atom is -0.390 e. The molecule has 0 bridgehead atoms. The Morgan fingerprint density at radius 2 is 1.69 bits per heavy atom. The summed E-state index contributed by atoms with van der Waals surface area (Å²) < 4.78 is 15.3. The average molecular weight is 511 g/mol. The van der Waals surface area contributed by atoms with Crippen LogP contribution in [0.4, 0.5) is 0 Å². The first-order valence-corrected chi connectivity index (χ1v) is 15.0. The lowest BCUT2D eigenvalue weighted by Crippen LogP contribution is -2.45. The third-order valence-corrected chi connectivity index (χ3v) is 9.96. The summed E-state index contributed by atoms with van der Waals surface area (Å²) in [4.78, 5) is 3.46. The molecule has 5 heteroatoms. The number of piperidine rings is 1. The van der Waals surface area contributed by atoms with Crippen LogP contribution in [0.1, 0.15) is 76.8 Å². The van der Waals surface area contributed by atoms with Gasteiger partial charge in [0, 0.05) is 32.7 Å². The van der Waals surface area contributed by atoms with Crippen molar-refractivity contribution in [1.82, 2.24) is 9.21 Å². The number of benzene rings is 2. The van der Waals surface area contributed by atoms with Gasteiger partial charge in [-0.1, -0.05) is 63.2 Å². The number of rotatable bonds is 9. The highest BCUT2D eigenvalue weighted by molar-refractivity contribution is 7.82. The summed E-state index contributed by atoms with van der Waals surface area (Å²) in [5.74, 6) is 0.655. The predicted molar refractivity (Wildman–Crippen MR) is 150 cm³/mol. The van der Waals surface area contributed by atoms with Crippen LogP contribution in [0.5, 0.6) is 0 Å². The van der Waals surface area contributed by atoms with Crippen LogP contribution < -0.4 is 0 Å². The average Bonchev–Trinajstić information content (AvgIpc) is 3.33. The first kappa shape index (κ1) is 27.5. The predicted octanol–water partition coefficient (Wildman–Crippen LogP) is 5.96. The summed E-state index contributed by atoms with van der Waals surface area (Å²) in [7, 11) is 0.909. The molecule has 1 N–H and O–H groups in total. The molecule has 36 heavy (non-hydrogen) atoms. The normalized spacial score (nSPS) is 23.7. The second-order valence-electron chi connectivity index (χ2n) is 12.3. The summed E-state index contributed by atoms with van der Waals surface area (Å²) in [6, 6.07) is 19.3. The SMILES string of the molecule is CN(C1CCC(CN2CCC(O)(CCCc3ccccc3)CC2)C1)S(=O)c1ccc(C(C)(C)C)cc1. The van der Waals surface area contributed by atoms with Crippen molar-refractivity contribution >= 4 is 11.0 Å². The van der Waals surface area contributed by atoms with Crippen LogP contribution in [0.2, 0.25) is 0 Å². The smallest absolute Gasteiger partial charge is 0.127 e. The standard InChI is InChI=1S/C31H46N2O2S/c1-30(2,3)27-13-16-29(17-14-27)36(35)32(4)28-15-12-26(23-28)24-33-21-19-31(34,20-22-33)18-8-11-25-9-6-5-7-10-25/h5-7,9-10,13-14,16-17,26,28,34H,8,11-12,15,18-24H2,1-4H3. The summed E-state index contributed by atoms with van der Waals surface area (Å²) in [5, 5.41) is 11.1. The van der Waals surface area contributed by atoms with Crippen LogP contribution in [0.3, 0.4) is 0 Å². The first-order chi connectivity index (χ1) is 17.1. The van der Waals surface area contributed by atoms with Gasteiger partial charge in [0.05, 0.1) is 10.5 Å². The molecule has 1 heterocycles. The minimum atomic E-state index is -1.12. The molecule has 2 aliphatic rings. The monoisotopic (exact) mass is 510 g/mol. The van der Waals surface area contributed by atoms with Gasteiger partial charge in [0.15, 0.2) is 0 Å². The number of nitrogens with zero attached hydrogens (tertiary/aromatic N) is 2. The zero-order valence-electron chi connectivity index (χ0n) is 22.8. The molecule has 3 unspecified atom stereocenters. The van der Waals surface area contributed by atoms with Crippen LogP contribution >= 0.6 is 0 Å². The van der Waals surface area contributed by atoms with Crippen molar-refractivity contribution in [3.05, 3.63) is 65.7 Å². The third kappa shape index (κ3) is 7.28. The van der Waals surface area contributed by atoms with Crippen LogP contribution in [0, 0.1) is 5.92 Å². The van der Waals surface area contributed by atoms with E-state index in [0.29, 0.717) is 12.0 Å². The number of hydrogen-bond acceptors (Lipinski definition) is 3. The molecular weight excluding hydrogens is 464 g/mol. The van der Waals surface area contributed by atoms with Gasteiger partial charge in [-0.05, 0) is 86.0 Å². The van der Waals surface area contributed by atoms with Gasteiger partial charge in [-0.3, -0.25) is 0 Å². The maximum atomic E-state index is 13.2. The summed E-state index contributed by atoms with van der Waals surface area (Å²) >= 11 is 0. The summed E-state index contributed by atoms with van der Waals surface area (Å²) in [5.41, 5.74) is 2.25. The zero-order chi connectivity index (χ0) is 25.8. The number of likely N-dealkylation sites (tertiary alicyclic amines) is 1. The van der Waals surface area contributed by atoms with Crippen LogP contribution in [0.15, 0.2) is 59.5 Å². The van der Waals surface area contributed by atoms with Gasteiger partial charge in [0.25, 0.3) is 0 Å². The molecule has 0 radical (unpaired) electrons. The van der Waals surface area contributed by atoms with Crippen LogP contribution in [-0.4, -0.2) is 56.8 Å². The molecule has 0 amide bonds. The van der Waals surface area contributed by atoms with E-state index in [1.54, 1.807) is 0 Å². The molecule has 0 spiro atoms. The fraction of sp³-hybridized carbons (Fsp3) is 0.613. The Balaban J connectivity index is 1.20. The van der Waals surface area contributed by atoms with E-state index in [1.165, 1.54) is 17.5 Å². The molecule has 1 aliphatic carbocycles. The topological polar surface area (TPSA) is 43.8 Å². The Hall–Kier alpha value is -1.53. The van der Waals surface area contributed by atoms with Gasteiger partial charge in [-0.25, -0.2) is 8.51 Å². The Morgan fingerprint density at radius 3 is 2.33 bits per heavy atom. The van der Waals surface area contributed by atoms with E-state index >= 15 is 0 Å². The molecule has 4 rings (SSSR count). The first-order valence-electron chi connectivity index (χ1n) is 13.9. The minimum absolute atomic E-state index is 0.108. The largest absolute Gasteiger partial charge is 0.390 e. The van der Waals surface area contributed by atoms with Crippen molar-refractivity contribution in [2.75, 3.05) is 26.7 Å². The van der Waals surface area contributed by atoms with E-state index in [1.807, 2.05) is 19.2 Å². The fourth-order valence-corrected chi connectivity index (χ4v) is 7.11. The molecule has 4 nitrogen and oxygen atoms in total. The number of aryl methyl sites for hydroxylation is 1. The highest BCUT2D eigenvalue weighted by Crippen LogP contribution is 2.34. The maximum absolute atomic E-state index is 13.2. The zero-order valence-corrected chi connectivity index (χ0v) is 23.6. The van der Waals surface area contributed by atoms with E-state index in [-0.39, 0.29) is 5.41 Å². The molecular formula is C31H46N2O2S. The third-order valence-electron chi connectivity index (χ3n) is 8.46. The molecule has 2 aromatic carbocycles. The van der Waals surface area contributed by atoms with Crippen molar-refractivity contribution < 1.29 is 9.32 Å². The lowest BCUT2D eigenvalue weighted by atomic mass is 9.85. The fourth-order valence-electron chi connectivity index (χ4n) is 5.95. The second kappa shape index (κ2) is 11.9. The molecule has 3 atom stereocenters. The Labute approximate surface area is 221 Å². The Bertz CT molecular complexity index is 978. The maximum Gasteiger partial charge on any atom is 0.127 e. The second-order valence-corrected chi connectivity index (χ2v) is 13.8. The lowest BCUT2D eigenvalue weighted by Gasteiger charge is -2.39. The molecule has 1 saturated carbocycles. The quantitative estimate of drug-likeness (QED) is 0.453. The van der Waals surface area contributed by atoms with Gasteiger partial charge in [-0.2, -0.15) is 0 Å². The van der Waals surface area contributed by atoms with Crippen molar-refractivity contribution in [3.8, 4) is 0 Å². The van der Waals surface area contributed by atoms with Gasteiger partial charge in [0.1, 0.15) is 11.0 Å². The molecule has 2 aromatic rings. The molecule has 1 saturated heterocycles. The van der Waals surface area contributed by atoms with Crippen molar-refractivity contribution in [2.24, 2.45) is 5.92 Å². The van der Waals surface area contributed by atoms with E-state index in [9.17, 15) is 9.32 Å². The summed E-state index contributed by atoms with van der Waals surface area (Å²) in [6.07, 6.45) is 8.18. The lowest BCUT2D eigenvalue weighted by molar-refractivity contribution is -0.0314. The highest BCUT2D eigenvalue weighted by atomic mass is 32.2. The molecule has 0 aromatic heterocycles. The number of hydrogen-bond donors (Lipinski definition) is 1. The van der Waals surface area contributed by atoms with Gasteiger partial charge >= 0.3 is 0 Å². The van der Waals surface area contributed by atoms with E-state index in [0.717, 1.165) is 69.5 Å². The number of aliphatic hydroxyl groups is 1. The van der Waals surface area contributed by atoms with Gasteiger partial charge in [0.2, 0.25) is 0 Å². The molecule has 198 valence electrons. The van der Waals surface area contributed by atoms with Crippen molar-refractivity contribution in [3.63, 3.8) is 0 Å². The summed E-state index contributed by atoms with van der Waals surface area (Å²) in [6.45, 7) is 9.71. The Morgan fingerprint density at radius 1 is 1.03 bits per heavy atom. The van der Waals surface area contributed by atoms with E-state index in [4.69, 9.17) is 0 Å². The molecule has 2 fully saturated rings. The van der Waals surface area contributed by atoms with Crippen LogP contribution in [-0.2, 0) is 22.8 Å². The molecule has 1 aliphatic heterocycles. The van der Waals surface area contributed by atoms with E-state index in [2.05, 4.69) is 72.4 Å².